The molecular weight excluding hydrogens is 576 g/mol. The van der Waals surface area contributed by atoms with Gasteiger partial charge in [-0.25, -0.2) is 15.0 Å². The summed E-state index contributed by atoms with van der Waals surface area (Å²) in [4.78, 5) is 46.5. The van der Waals surface area contributed by atoms with Crippen LogP contribution in [0.2, 0.25) is 0 Å². The van der Waals surface area contributed by atoms with Crippen LogP contribution in [0.15, 0.2) is 100.0 Å². The van der Waals surface area contributed by atoms with Gasteiger partial charge in [0.1, 0.15) is 0 Å². The van der Waals surface area contributed by atoms with Crippen molar-refractivity contribution in [3.8, 4) is 0 Å². The summed E-state index contributed by atoms with van der Waals surface area (Å²) in [5, 5.41) is 10.9. The molecule has 0 aromatic rings. The number of methoxy groups -OCH3 is 1. The van der Waals surface area contributed by atoms with Crippen molar-refractivity contribution in [1.29, 1.82) is 0 Å². The van der Waals surface area contributed by atoms with Gasteiger partial charge in [-0.15, -0.1) is 0 Å². The molecule has 0 aromatic carbocycles. The van der Waals surface area contributed by atoms with Crippen LogP contribution in [0.3, 0.4) is 0 Å². The zero-order valence-corrected chi connectivity index (χ0v) is 28.5. The lowest BCUT2D eigenvalue weighted by Crippen LogP contribution is -2.17. The van der Waals surface area contributed by atoms with Crippen LogP contribution in [0.1, 0.15) is 87.5 Å². The van der Waals surface area contributed by atoms with Gasteiger partial charge in [0.25, 0.3) is 0 Å². The van der Waals surface area contributed by atoms with Crippen molar-refractivity contribution >= 4 is 34.6 Å². The number of fused-ring (bicyclic) bond motifs is 4. The van der Waals surface area contributed by atoms with E-state index in [0.29, 0.717) is 29.8 Å². The summed E-state index contributed by atoms with van der Waals surface area (Å²) < 4.78 is 4.98. The fourth-order valence-corrected chi connectivity index (χ4v) is 7.46. The maximum Gasteiger partial charge on any atom is 0.305 e. The third-order valence-electron chi connectivity index (χ3n) is 9.85. The quantitative estimate of drug-likeness (QED) is 0.320. The van der Waals surface area contributed by atoms with Gasteiger partial charge in [-0.1, -0.05) is 34.6 Å². The Balaban J connectivity index is 1.63. The maximum absolute atomic E-state index is 13.7. The molecule has 3 atom stereocenters. The normalized spacial score (nSPS) is 24.7. The van der Waals surface area contributed by atoms with Gasteiger partial charge < -0.3 is 9.84 Å². The first-order chi connectivity index (χ1) is 21.7. The third kappa shape index (κ3) is 5.40. The molecule has 8 nitrogen and oxygen atoms in total. The Labute approximate surface area is 271 Å². The van der Waals surface area contributed by atoms with Gasteiger partial charge in [-0.3, -0.25) is 14.6 Å². The minimum atomic E-state index is -0.728. The van der Waals surface area contributed by atoms with Crippen LogP contribution < -0.4 is 0 Å². The highest BCUT2D eigenvalue weighted by molar-refractivity contribution is 6.38. The van der Waals surface area contributed by atoms with Crippen molar-refractivity contribution in [3.05, 3.63) is 80.0 Å². The molecule has 0 amide bonds. The van der Waals surface area contributed by atoms with Crippen LogP contribution in [-0.4, -0.2) is 52.9 Å². The fourth-order valence-electron chi connectivity index (χ4n) is 7.46. The number of rotatable bonds is 6. The zero-order chi connectivity index (χ0) is 33.2. The maximum atomic E-state index is 13.7. The summed E-state index contributed by atoms with van der Waals surface area (Å²) in [7, 11) is 1.40. The summed E-state index contributed by atoms with van der Waals surface area (Å²) in [6.07, 6.45) is 7.81. The fraction of sp³-hybridized carbons (Fsp3) is 0.474. The molecule has 1 fully saturated rings. The number of ether oxygens (including phenoxy) is 1. The van der Waals surface area contributed by atoms with Crippen molar-refractivity contribution in [2.75, 3.05) is 7.11 Å². The molecule has 0 radical (unpaired) electrons. The summed E-state index contributed by atoms with van der Waals surface area (Å²) in [5.41, 5.74) is 12.6. The minimum Gasteiger partial charge on any atom is -0.469 e. The monoisotopic (exact) mass is 620 g/mol. The van der Waals surface area contributed by atoms with Crippen LogP contribution in [0.5, 0.6) is 0 Å². The number of nitrogens with zero attached hydrogens (tertiary/aromatic N) is 4. The minimum absolute atomic E-state index is 0.0116. The van der Waals surface area contributed by atoms with Gasteiger partial charge >= 0.3 is 5.97 Å². The molecule has 0 unspecified atom stereocenters. The van der Waals surface area contributed by atoms with E-state index in [0.717, 1.165) is 74.1 Å². The first-order valence-corrected chi connectivity index (χ1v) is 16.4. The summed E-state index contributed by atoms with van der Waals surface area (Å²) >= 11 is 0. The van der Waals surface area contributed by atoms with E-state index in [-0.39, 0.29) is 41.8 Å². The Morgan fingerprint density at radius 3 is 2.33 bits per heavy atom. The number of aliphatic imine (C=N–C) groups is 4. The van der Waals surface area contributed by atoms with Crippen LogP contribution in [-0.2, 0) is 14.3 Å². The van der Waals surface area contributed by atoms with Crippen LogP contribution >= 0.6 is 0 Å². The highest BCUT2D eigenvalue weighted by Gasteiger charge is 2.43. The number of hydrogen-bond donors (Lipinski definition) is 1. The summed E-state index contributed by atoms with van der Waals surface area (Å²) in [5.74, 6) is -0.343. The molecule has 1 saturated carbocycles. The second kappa shape index (κ2) is 11.6. The Kier molecular flexibility index (Phi) is 8.08. The average molecular weight is 621 g/mol. The van der Waals surface area contributed by atoms with Crippen molar-refractivity contribution in [2.24, 2.45) is 37.2 Å². The molecule has 0 saturated heterocycles. The molecule has 0 aromatic heterocycles. The molecule has 46 heavy (non-hydrogen) atoms. The predicted molar refractivity (Wildman–Crippen MR) is 183 cm³/mol. The second-order valence-corrected chi connectivity index (χ2v) is 14.3. The lowest BCUT2D eigenvalue weighted by molar-refractivity contribution is -0.140. The number of esters is 1. The lowest BCUT2D eigenvalue weighted by Gasteiger charge is -2.20. The topological polar surface area (TPSA) is 113 Å². The first kappa shape index (κ1) is 31.9. The van der Waals surface area contributed by atoms with Gasteiger partial charge in [0.2, 0.25) is 0 Å². The Hall–Kier alpha value is -4.04. The molecule has 240 valence electrons. The number of carbonyl (C=O) groups excluding carboxylic acids is 2. The Morgan fingerprint density at radius 1 is 1.00 bits per heavy atom. The van der Waals surface area contributed by atoms with Crippen molar-refractivity contribution in [3.63, 3.8) is 0 Å². The number of ketones is 1. The standard InChI is InChI=1S/C38H44N4O4/c1-10-22-29-16-30-25(17-38(6,7)8)19(3)26(39-30)15-31-34(21(5)43)20(4)28(40-31)14-27-18(2)23(11-12-33(45)46-9)36(41-27)24-13-32(44)35(22)37(24)42-29/h14-16,18,21,23,43H,10-13,17H2,1-9H3/t18-,21-,23-/m0/s1. The van der Waals surface area contributed by atoms with E-state index in [2.05, 4.69) is 41.5 Å². The molecule has 6 aliphatic rings. The molecule has 0 spiro atoms. The first-order valence-electron chi connectivity index (χ1n) is 16.4. The summed E-state index contributed by atoms with van der Waals surface area (Å²) in [6.45, 7) is 16.7. The number of allylic oxidation sites excluding steroid dienone is 10. The lowest BCUT2D eigenvalue weighted by atomic mass is 9.84. The van der Waals surface area contributed by atoms with E-state index in [9.17, 15) is 14.7 Å². The number of aliphatic hydroxyl groups is 1. The largest absolute Gasteiger partial charge is 0.469 e. The molecule has 8 bridgehead atoms. The molecule has 8 heteroatoms. The molecule has 5 heterocycles. The molecule has 1 N–H and O–H groups in total. The van der Waals surface area contributed by atoms with Crippen LogP contribution in [0.25, 0.3) is 0 Å². The van der Waals surface area contributed by atoms with E-state index in [1.54, 1.807) is 6.92 Å². The predicted octanol–water partition coefficient (Wildman–Crippen LogP) is 7.06. The van der Waals surface area contributed by atoms with Crippen LogP contribution in [0.4, 0.5) is 0 Å². The highest BCUT2D eigenvalue weighted by atomic mass is 16.5. The van der Waals surface area contributed by atoms with Crippen molar-refractivity contribution in [2.45, 2.75) is 93.6 Å². The molecule has 1 aliphatic carbocycles. The van der Waals surface area contributed by atoms with E-state index in [1.807, 2.05) is 25.2 Å². The number of hydrogen-bond acceptors (Lipinski definition) is 8. The smallest absolute Gasteiger partial charge is 0.305 e. The third-order valence-corrected chi connectivity index (χ3v) is 9.85. The molecule has 5 aliphatic heterocycles. The number of carbonyl (C=O) groups is 2. The number of aliphatic hydroxyl groups excluding tert-OH is 1. The zero-order valence-electron chi connectivity index (χ0n) is 28.5. The van der Waals surface area contributed by atoms with Crippen LogP contribution in [0, 0.1) is 17.3 Å². The Morgan fingerprint density at radius 2 is 1.67 bits per heavy atom. The van der Waals surface area contributed by atoms with E-state index in [1.165, 1.54) is 7.11 Å². The summed E-state index contributed by atoms with van der Waals surface area (Å²) in [6, 6.07) is 0. The van der Waals surface area contributed by atoms with E-state index < -0.39 is 6.10 Å². The second-order valence-electron chi connectivity index (χ2n) is 14.3. The van der Waals surface area contributed by atoms with Gasteiger partial charge in [-0.2, -0.15) is 0 Å². The highest BCUT2D eigenvalue weighted by Crippen LogP contribution is 2.46. The van der Waals surface area contributed by atoms with Gasteiger partial charge in [0.05, 0.1) is 53.1 Å². The Bertz CT molecular complexity index is 1820. The SMILES string of the molecule is CCC1=C2C(=O)CC3=C4N=C(C=C5N=C(C=C6N=C(C=C1N=C32)C(CC(C)(C)C)=C6C)C([C@H](C)O)=C5C)[C@@H](C)[C@@H]4CCC(=O)OC. The molecule has 6 rings (SSSR count). The van der Waals surface area contributed by atoms with Crippen molar-refractivity contribution in [1.82, 2.24) is 0 Å². The molecular formula is C38H44N4O4. The van der Waals surface area contributed by atoms with E-state index >= 15 is 0 Å². The van der Waals surface area contributed by atoms with Gasteiger partial charge in [0.15, 0.2) is 5.78 Å². The van der Waals surface area contributed by atoms with Gasteiger partial charge in [-0.05, 0) is 86.0 Å². The number of Topliss-reactive ketones (excluding diaryl/α,β-unsaturated/α-hetero) is 1. The average Bonchev–Trinajstić information content (AvgIpc) is 3.74. The van der Waals surface area contributed by atoms with Gasteiger partial charge in [0, 0.05) is 47.1 Å². The van der Waals surface area contributed by atoms with Crippen molar-refractivity contribution < 1.29 is 19.4 Å². The van der Waals surface area contributed by atoms with E-state index in [4.69, 9.17) is 24.7 Å².